The normalized spacial score (nSPS) is 11.4. The van der Waals surface area contributed by atoms with Crippen molar-refractivity contribution in [3.05, 3.63) is 51.9 Å². The highest BCUT2D eigenvalue weighted by Gasteiger charge is 2.30. The van der Waals surface area contributed by atoms with Crippen LogP contribution in [0.3, 0.4) is 0 Å². The van der Waals surface area contributed by atoms with E-state index in [1.54, 1.807) is 6.07 Å². The molecule has 0 spiro atoms. The molecule has 0 saturated heterocycles. The molecule has 0 aliphatic heterocycles. The maximum Gasteiger partial charge on any atom is 0.416 e. The van der Waals surface area contributed by atoms with Gasteiger partial charge in [-0.15, -0.1) is 0 Å². The first kappa shape index (κ1) is 19.2. The molecule has 2 rings (SSSR count). The highest BCUT2D eigenvalue weighted by Crippen LogP contribution is 2.30. The van der Waals surface area contributed by atoms with E-state index in [9.17, 15) is 18.0 Å². The number of benzene rings is 1. The number of anilines is 1. The summed E-state index contributed by atoms with van der Waals surface area (Å²) in [4.78, 5) is 18.9. The van der Waals surface area contributed by atoms with Gasteiger partial charge in [-0.1, -0.05) is 19.1 Å². The largest absolute Gasteiger partial charge is 0.416 e. The van der Waals surface area contributed by atoms with E-state index in [2.05, 4.69) is 15.3 Å². The number of nitrogens with one attached hydrogen (secondary N) is 1. The van der Waals surface area contributed by atoms with Crippen LogP contribution in [0.25, 0.3) is 0 Å². The van der Waals surface area contributed by atoms with Crippen LogP contribution in [0.5, 0.6) is 0 Å². The Balaban J connectivity index is 2.23. The van der Waals surface area contributed by atoms with Gasteiger partial charge in [0.15, 0.2) is 0 Å². The summed E-state index contributed by atoms with van der Waals surface area (Å²) in [5.74, 6) is 0.473. The number of carbonyl (C=O) groups is 1. The molecule has 134 valence electrons. The van der Waals surface area contributed by atoms with Crippen LogP contribution in [0.2, 0.25) is 5.28 Å². The van der Waals surface area contributed by atoms with Crippen molar-refractivity contribution in [3.63, 3.8) is 0 Å². The highest BCUT2D eigenvalue weighted by atomic mass is 35.5. The lowest BCUT2D eigenvalue weighted by molar-refractivity contribution is -0.137. The molecule has 0 saturated carbocycles. The zero-order chi connectivity index (χ0) is 18.4. The SMILES string of the molecule is CCc1c(CCC=O)nc(Cl)nc1NCc1cccc(C(F)(F)F)c1. The lowest BCUT2D eigenvalue weighted by Crippen LogP contribution is -2.10. The Bertz CT molecular complexity index is 750. The fourth-order valence-electron chi connectivity index (χ4n) is 2.46. The molecule has 0 bridgehead atoms. The molecule has 1 aromatic carbocycles. The van der Waals surface area contributed by atoms with Gasteiger partial charge in [0.1, 0.15) is 12.1 Å². The van der Waals surface area contributed by atoms with Gasteiger partial charge in [-0.2, -0.15) is 13.2 Å². The average Bonchev–Trinajstić information content (AvgIpc) is 2.57. The highest BCUT2D eigenvalue weighted by molar-refractivity contribution is 6.28. The molecule has 0 aliphatic carbocycles. The van der Waals surface area contributed by atoms with Crippen LogP contribution in [0.1, 0.15) is 35.7 Å². The third kappa shape index (κ3) is 5.16. The number of aldehydes is 1. The van der Waals surface area contributed by atoms with E-state index in [-0.39, 0.29) is 11.8 Å². The number of halogens is 4. The summed E-state index contributed by atoms with van der Waals surface area (Å²) in [5.41, 5.74) is 1.25. The van der Waals surface area contributed by atoms with Gasteiger partial charge in [-0.25, -0.2) is 9.97 Å². The van der Waals surface area contributed by atoms with Gasteiger partial charge < -0.3 is 10.1 Å². The van der Waals surface area contributed by atoms with Crippen LogP contribution in [-0.2, 0) is 30.4 Å². The molecule has 0 radical (unpaired) electrons. The summed E-state index contributed by atoms with van der Waals surface area (Å²) in [6, 6.07) is 5.09. The summed E-state index contributed by atoms with van der Waals surface area (Å²) >= 11 is 5.93. The van der Waals surface area contributed by atoms with Crippen molar-refractivity contribution >= 4 is 23.7 Å². The van der Waals surface area contributed by atoms with Crippen molar-refractivity contribution in [2.24, 2.45) is 0 Å². The van der Waals surface area contributed by atoms with Gasteiger partial charge in [0, 0.05) is 18.5 Å². The number of aromatic nitrogens is 2. The minimum atomic E-state index is -4.38. The minimum Gasteiger partial charge on any atom is -0.366 e. The second kappa shape index (κ2) is 8.29. The molecule has 0 unspecified atom stereocenters. The second-order valence-electron chi connectivity index (χ2n) is 5.38. The van der Waals surface area contributed by atoms with Crippen molar-refractivity contribution in [2.75, 3.05) is 5.32 Å². The quantitative estimate of drug-likeness (QED) is 0.577. The van der Waals surface area contributed by atoms with Gasteiger partial charge in [0.05, 0.1) is 11.3 Å². The fraction of sp³-hybridized carbons (Fsp3) is 0.353. The predicted octanol–water partition coefficient (Wildman–Crippen LogP) is 4.45. The topological polar surface area (TPSA) is 54.9 Å². The zero-order valence-electron chi connectivity index (χ0n) is 13.5. The average molecular weight is 372 g/mol. The Hall–Kier alpha value is -2.15. The van der Waals surface area contributed by atoms with E-state index in [1.807, 2.05) is 6.92 Å². The molecule has 4 nitrogen and oxygen atoms in total. The summed E-state index contributed by atoms with van der Waals surface area (Å²) < 4.78 is 38.4. The van der Waals surface area contributed by atoms with E-state index in [4.69, 9.17) is 11.6 Å². The van der Waals surface area contributed by atoms with E-state index in [0.29, 0.717) is 36.3 Å². The first-order valence-corrected chi connectivity index (χ1v) is 8.11. The Morgan fingerprint density at radius 1 is 1.28 bits per heavy atom. The number of nitrogens with zero attached hydrogens (tertiary/aromatic N) is 2. The molecular weight excluding hydrogens is 355 g/mol. The molecule has 8 heteroatoms. The predicted molar refractivity (Wildman–Crippen MR) is 89.6 cm³/mol. The van der Waals surface area contributed by atoms with E-state index in [1.165, 1.54) is 6.07 Å². The Labute approximate surface area is 148 Å². The number of rotatable bonds is 7. The molecule has 1 aromatic heterocycles. The summed E-state index contributed by atoms with van der Waals surface area (Å²) in [6.45, 7) is 2.07. The van der Waals surface area contributed by atoms with E-state index in [0.717, 1.165) is 24.0 Å². The van der Waals surface area contributed by atoms with Gasteiger partial charge in [-0.05, 0) is 42.1 Å². The lowest BCUT2D eigenvalue weighted by Gasteiger charge is -2.14. The smallest absolute Gasteiger partial charge is 0.366 e. The van der Waals surface area contributed by atoms with Crippen molar-refractivity contribution in [2.45, 2.75) is 38.9 Å². The van der Waals surface area contributed by atoms with E-state index < -0.39 is 11.7 Å². The molecule has 2 aromatic rings. The molecule has 0 aliphatic rings. The van der Waals surface area contributed by atoms with Crippen LogP contribution in [-0.4, -0.2) is 16.3 Å². The van der Waals surface area contributed by atoms with E-state index >= 15 is 0 Å². The first-order chi connectivity index (χ1) is 11.8. The molecular formula is C17H17ClF3N3O. The van der Waals surface area contributed by atoms with Gasteiger partial charge in [0.25, 0.3) is 0 Å². The Morgan fingerprint density at radius 2 is 2.04 bits per heavy atom. The van der Waals surface area contributed by atoms with Crippen LogP contribution in [0, 0.1) is 0 Å². The van der Waals surface area contributed by atoms with Crippen molar-refractivity contribution < 1.29 is 18.0 Å². The van der Waals surface area contributed by atoms with Gasteiger partial charge in [-0.3, -0.25) is 0 Å². The van der Waals surface area contributed by atoms with Crippen LogP contribution < -0.4 is 5.32 Å². The Kier molecular flexibility index (Phi) is 6.36. The lowest BCUT2D eigenvalue weighted by atomic mass is 10.1. The van der Waals surface area contributed by atoms with Gasteiger partial charge in [0.2, 0.25) is 5.28 Å². The molecule has 0 amide bonds. The molecule has 0 atom stereocenters. The number of alkyl halides is 3. The number of carbonyl (C=O) groups excluding carboxylic acids is 1. The minimum absolute atomic E-state index is 0.0321. The molecule has 0 fully saturated rings. The van der Waals surface area contributed by atoms with Crippen molar-refractivity contribution in [1.82, 2.24) is 9.97 Å². The summed E-state index contributed by atoms with van der Waals surface area (Å²) in [5, 5.41) is 3.06. The third-order valence-electron chi connectivity index (χ3n) is 3.63. The third-order valence-corrected chi connectivity index (χ3v) is 3.80. The monoisotopic (exact) mass is 371 g/mol. The molecule has 1 N–H and O–H groups in total. The fourth-order valence-corrected chi connectivity index (χ4v) is 2.65. The maximum absolute atomic E-state index is 12.8. The number of aryl methyl sites for hydroxylation is 1. The van der Waals surface area contributed by atoms with Crippen molar-refractivity contribution in [3.8, 4) is 0 Å². The Morgan fingerprint density at radius 3 is 2.68 bits per heavy atom. The molecule has 25 heavy (non-hydrogen) atoms. The standard InChI is InChI=1S/C17H17ClF3N3O/c1-2-13-14(7-4-8-25)23-16(18)24-15(13)22-10-11-5-3-6-12(9-11)17(19,20)21/h3,5-6,8-9H,2,4,7,10H2,1H3,(H,22,23,24). The summed E-state index contributed by atoms with van der Waals surface area (Å²) in [7, 11) is 0. The maximum atomic E-state index is 12.8. The number of hydrogen-bond donors (Lipinski definition) is 1. The molecule has 1 heterocycles. The zero-order valence-corrected chi connectivity index (χ0v) is 14.3. The second-order valence-corrected chi connectivity index (χ2v) is 5.72. The van der Waals surface area contributed by atoms with Crippen LogP contribution >= 0.6 is 11.6 Å². The van der Waals surface area contributed by atoms with Crippen molar-refractivity contribution in [1.29, 1.82) is 0 Å². The van der Waals surface area contributed by atoms with Crippen LogP contribution in [0.4, 0.5) is 19.0 Å². The number of hydrogen-bond acceptors (Lipinski definition) is 4. The summed E-state index contributed by atoms with van der Waals surface area (Å²) in [6.07, 6.45) is -2.23. The van der Waals surface area contributed by atoms with Gasteiger partial charge >= 0.3 is 6.18 Å². The first-order valence-electron chi connectivity index (χ1n) is 7.74. The van der Waals surface area contributed by atoms with Crippen LogP contribution in [0.15, 0.2) is 24.3 Å².